The minimum Gasteiger partial charge on any atom is -0.370 e. The van der Waals surface area contributed by atoms with Crippen LogP contribution in [0.25, 0.3) is 0 Å². The van der Waals surface area contributed by atoms with E-state index >= 15 is 0 Å². The highest BCUT2D eigenvalue weighted by molar-refractivity contribution is 5.68. The smallest absolute Gasteiger partial charge is 0.0443 e. The van der Waals surface area contributed by atoms with Gasteiger partial charge in [-0.2, -0.15) is 0 Å². The van der Waals surface area contributed by atoms with Gasteiger partial charge in [0.1, 0.15) is 0 Å². The minimum absolute atomic E-state index is 0.688. The van der Waals surface area contributed by atoms with Gasteiger partial charge in [0.05, 0.1) is 0 Å². The van der Waals surface area contributed by atoms with E-state index in [0.29, 0.717) is 11.8 Å². The summed E-state index contributed by atoms with van der Waals surface area (Å²) in [5.41, 5.74) is 4.78. The number of nitrogens with zero attached hydrogens (tertiary/aromatic N) is 1. The molecule has 2 aliphatic heterocycles. The molecule has 2 heterocycles. The summed E-state index contributed by atoms with van der Waals surface area (Å²) in [6.07, 6.45) is 12.2. The van der Waals surface area contributed by atoms with Crippen LogP contribution in [0.3, 0.4) is 0 Å². The standard InChI is InChI=1S/C18H19N/c1-4-12-10-19-11-13-5-2-7-15(13)17-9-3-8-16(18(17)19)14(12)6-1/h1-3,6-9,12-15H,4-5,10-11H2/t12-,13-,14-,15+/m1/s1. The third-order valence-electron chi connectivity index (χ3n) is 5.62. The molecule has 1 aromatic carbocycles. The largest absolute Gasteiger partial charge is 0.370 e. The molecule has 1 heteroatoms. The summed E-state index contributed by atoms with van der Waals surface area (Å²) < 4.78 is 0. The fraction of sp³-hybridized carbons (Fsp3) is 0.444. The number of rotatable bonds is 0. The fourth-order valence-electron chi connectivity index (χ4n) is 4.81. The van der Waals surface area contributed by atoms with E-state index in [0.717, 1.165) is 11.8 Å². The first-order valence-corrected chi connectivity index (χ1v) is 7.63. The normalized spacial score (nSPS) is 37.2. The van der Waals surface area contributed by atoms with Crippen LogP contribution in [0.1, 0.15) is 35.8 Å². The third kappa shape index (κ3) is 1.26. The zero-order valence-electron chi connectivity index (χ0n) is 11.1. The highest BCUT2D eigenvalue weighted by Crippen LogP contribution is 2.52. The van der Waals surface area contributed by atoms with Crippen molar-refractivity contribution in [3.05, 3.63) is 53.6 Å². The molecule has 0 bridgehead atoms. The number of anilines is 1. The molecule has 1 aromatic rings. The molecule has 5 rings (SSSR count). The first kappa shape index (κ1) is 10.3. The maximum Gasteiger partial charge on any atom is 0.0443 e. The summed E-state index contributed by atoms with van der Waals surface area (Å²) in [6, 6.07) is 7.03. The maximum absolute atomic E-state index is 2.70. The Labute approximate surface area is 114 Å². The number of fused-ring (bicyclic) bond motifs is 4. The molecule has 0 unspecified atom stereocenters. The van der Waals surface area contributed by atoms with E-state index in [4.69, 9.17) is 0 Å². The van der Waals surface area contributed by atoms with Gasteiger partial charge in [0, 0.05) is 30.6 Å². The van der Waals surface area contributed by atoms with Crippen molar-refractivity contribution in [2.45, 2.75) is 24.7 Å². The summed E-state index contributed by atoms with van der Waals surface area (Å²) in [4.78, 5) is 2.70. The number of allylic oxidation sites excluding steroid dienone is 4. The van der Waals surface area contributed by atoms with Crippen LogP contribution in [0, 0.1) is 11.8 Å². The van der Waals surface area contributed by atoms with Gasteiger partial charge < -0.3 is 4.90 Å². The van der Waals surface area contributed by atoms with E-state index in [1.165, 1.54) is 25.9 Å². The monoisotopic (exact) mass is 249 g/mol. The first-order chi connectivity index (χ1) is 9.42. The molecule has 0 saturated carbocycles. The zero-order chi connectivity index (χ0) is 12.4. The van der Waals surface area contributed by atoms with Gasteiger partial charge in [-0.05, 0) is 35.8 Å². The number of benzene rings is 1. The van der Waals surface area contributed by atoms with Gasteiger partial charge in [-0.25, -0.2) is 0 Å². The van der Waals surface area contributed by atoms with Crippen LogP contribution in [0.5, 0.6) is 0 Å². The van der Waals surface area contributed by atoms with Gasteiger partial charge in [0.2, 0.25) is 0 Å². The van der Waals surface area contributed by atoms with Crippen molar-refractivity contribution >= 4 is 5.69 Å². The molecule has 0 fully saturated rings. The van der Waals surface area contributed by atoms with Gasteiger partial charge in [0.15, 0.2) is 0 Å². The summed E-state index contributed by atoms with van der Waals surface area (Å²) in [5, 5.41) is 0. The molecule has 4 aliphatic rings. The SMILES string of the molecule is C1=C[C@@H]2c3cccc4c3N(C[C@H]2C1)C[C@H]1CC=C[C@@H]41. The summed E-state index contributed by atoms with van der Waals surface area (Å²) in [5.74, 6) is 3.03. The van der Waals surface area contributed by atoms with E-state index in [1.807, 2.05) is 0 Å². The van der Waals surface area contributed by atoms with Crippen LogP contribution in [0.15, 0.2) is 42.5 Å². The van der Waals surface area contributed by atoms with Crippen LogP contribution < -0.4 is 4.90 Å². The van der Waals surface area contributed by atoms with E-state index < -0.39 is 0 Å². The number of para-hydroxylation sites is 1. The van der Waals surface area contributed by atoms with Crippen LogP contribution in [-0.4, -0.2) is 13.1 Å². The summed E-state index contributed by atoms with van der Waals surface area (Å²) in [6.45, 7) is 2.54. The molecule has 0 N–H and O–H groups in total. The molecule has 0 amide bonds. The van der Waals surface area contributed by atoms with Crippen molar-refractivity contribution in [3.8, 4) is 0 Å². The quantitative estimate of drug-likeness (QED) is 0.631. The van der Waals surface area contributed by atoms with E-state index in [-0.39, 0.29) is 0 Å². The number of hydrogen-bond acceptors (Lipinski definition) is 1. The second kappa shape index (κ2) is 3.53. The van der Waals surface area contributed by atoms with Gasteiger partial charge in [-0.15, -0.1) is 0 Å². The van der Waals surface area contributed by atoms with Crippen molar-refractivity contribution in [1.29, 1.82) is 0 Å². The Hall–Kier alpha value is -1.50. The molecular weight excluding hydrogens is 230 g/mol. The molecule has 1 nitrogen and oxygen atoms in total. The molecule has 0 saturated heterocycles. The second-order valence-corrected chi connectivity index (χ2v) is 6.59. The van der Waals surface area contributed by atoms with Crippen molar-refractivity contribution < 1.29 is 0 Å². The summed E-state index contributed by atoms with van der Waals surface area (Å²) >= 11 is 0. The minimum atomic E-state index is 0.688. The predicted octanol–water partition coefficient (Wildman–Crippen LogP) is 3.84. The number of hydrogen-bond donors (Lipinski definition) is 0. The lowest BCUT2D eigenvalue weighted by Gasteiger charge is -2.46. The van der Waals surface area contributed by atoms with Gasteiger partial charge in [-0.3, -0.25) is 0 Å². The Kier molecular flexibility index (Phi) is 1.92. The fourth-order valence-corrected chi connectivity index (χ4v) is 4.81. The van der Waals surface area contributed by atoms with Crippen molar-refractivity contribution in [1.82, 2.24) is 0 Å². The van der Waals surface area contributed by atoms with E-state index in [1.54, 1.807) is 16.8 Å². The molecule has 4 atom stereocenters. The molecule has 2 aliphatic carbocycles. The predicted molar refractivity (Wildman–Crippen MR) is 78.6 cm³/mol. The molecular formula is C18H19N. The van der Waals surface area contributed by atoms with Crippen LogP contribution in [0.2, 0.25) is 0 Å². The molecule has 96 valence electrons. The zero-order valence-corrected chi connectivity index (χ0v) is 11.1. The van der Waals surface area contributed by atoms with Crippen molar-refractivity contribution in [2.75, 3.05) is 18.0 Å². The molecule has 19 heavy (non-hydrogen) atoms. The molecule has 0 radical (unpaired) electrons. The van der Waals surface area contributed by atoms with Gasteiger partial charge in [-0.1, -0.05) is 42.5 Å². The molecule has 0 spiro atoms. The van der Waals surface area contributed by atoms with Crippen LogP contribution in [-0.2, 0) is 0 Å². The lowest BCUT2D eigenvalue weighted by atomic mass is 9.75. The lowest BCUT2D eigenvalue weighted by Crippen LogP contribution is -2.43. The van der Waals surface area contributed by atoms with Gasteiger partial charge in [0.25, 0.3) is 0 Å². The average molecular weight is 249 g/mol. The van der Waals surface area contributed by atoms with E-state index in [9.17, 15) is 0 Å². The van der Waals surface area contributed by atoms with Crippen molar-refractivity contribution in [2.24, 2.45) is 11.8 Å². The highest BCUT2D eigenvalue weighted by Gasteiger charge is 2.41. The third-order valence-corrected chi connectivity index (χ3v) is 5.62. The van der Waals surface area contributed by atoms with Crippen molar-refractivity contribution in [3.63, 3.8) is 0 Å². The molecule has 0 aromatic heterocycles. The Bertz CT molecular complexity index is 549. The second-order valence-electron chi connectivity index (χ2n) is 6.59. The maximum atomic E-state index is 2.70. The Morgan fingerprint density at radius 1 is 0.842 bits per heavy atom. The Balaban J connectivity index is 1.73. The Morgan fingerprint density at radius 2 is 1.42 bits per heavy atom. The van der Waals surface area contributed by atoms with Crippen LogP contribution in [0.4, 0.5) is 5.69 Å². The average Bonchev–Trinajstić information content (AvgIpc) is 3.07. The first-order valence-electron chi connectivity index (χ1n) is 7.63. The summed E-state index contributed by atoms with van der Waals surface area (Å²) in [7, 11) is 0. The lowest BCUT2D eigenvalue weighted by molar-refractivity contribution is 0.410. The van der Waals surface area contributed by atoms with Gasteiger partial charge >= 0.3 is 0 Å². The van der Waals surface area contributed by atoms with E-state index in [2.05, 4.69) is 47.4 Å². The Morgan fingerprint density at radius 3 is 2.00 bits per heavy atom. The highest BCUT2D eigenvalue weighted by atomic mass is 15.2. The van der Waals surface area contributed by atoms with Crippen LogP contribution >= 0.6 is 0 Å². The topological polar surface area (TPSA) is 3.24 Å².